The molecule has 4 rings (SSSR count). The second kappa shape index (κ2) is 11.3. The number of fused-ring (bicyclic) bond motifs is 1. The van der Waals surface area contributed by atoms with Gasteiger partial charge in [0.1, 0.15) is 36.0 Å². The largest absolute Gasteiger partial charge is 0.468 e. The molecule has 0 spiro atoms. The van der Waals surface area contributed by atoms with E-state index in [9.17, 15) is 19.7 Å². The van der Waals surface area contributed by atoms with E-state index in [1.165, 1.54) is 29.8 Å². The van der Waals surface area contributed by atoms with Crippen molar-refractivity contribution in [1.29, 1.82) is 0 Å². The van der Waals surface area contributed by atoms with E-state index in [-0.39, 0.29) is 28.2 Å². The summed E-state index contributed by atoms with van der Waals surface area (Å²) in [6, 6.07) is 6.94. The number of aliphatic hydroxyl groups is 1. The number of carbonyl (C=O) groups excluding carboxylic acids is 1. The van der Waals surface area contributed by atoms with Gasteiger partial charge in [0.15, 0.2) is 17.7 Å². The Bertz CT molecular complexity index is 1430. The number of rotatable bonds is 10. The number of para-hydroxylation sites is 1. The number of ether oxygens (including phenoxy) is 2. The van der Waals surface area contributed by atoms with Crippen molar-refractivity contribution < 1.29 is 42.6 Å². The molecule has 3 heterocycles. The third-order valence-corrected chi connectivity index (χ3v) is 7.77. The number of hydrogen-bond acceptors (Lipinski definition) is 11. The molecular formula is C24H27FN5O8P. The van der Waals surface area contributed by atoms with Gasteiger partial charge in [-0.1, -0.05) is 24.1 Å². The number of terminal acetylenes is 1. The van der Waals surface area contributed by atoms with Crippen molar-refractivity contribution in [3.05, 3.63) is 48.4 Å². The van der Waals surface area contributed by atoms with Gasteiger partial charge in [0.25, 0.3) is 0 Å². The predicted molar refractivity (Wildman–Crippen MR) is 136 cm³/mol. The highest BCUT2D eigenvalue weighted by Gasteiger charge is 2.56. The quantitative estimate of drug-likeness (QED) is 0.123. The van der Waals surface area contributed by atoms with Gasteiger partial charge < -0.3 is 23.7 Å². The first-order chi connectivity index (χ1) is 18.5. The van der Waals surface area contributed by atoms with Gasteiger partial charge in [0, 0.05) is 6.20 Å². The number of nitrogens with zero attached hydrogens (tertiary/aromatic N) is 3. The molecule has 6 atom stereocenters. The van der Waals surface area contributed by atoms with Crippen LogP contribution in [0.3, 0.4) is 0 Å². The number of halogens is 1. The number of alkyl halides is 1. The van der Waals surface area contributed by atoms with Crippen molar-refractivity contribution in [2.24, 2.45) is 0 Å². The van der Waals surface area contributed by atoms with Gasteiger partial charge in [-0.3, -0.25) is 20.0 Å². The summed E-state index contributed by atoms with van der Waals surface area (Å²) in [5.74, 6) is 1.85. The SMILES string of the molecule is C#Cc1cn([C@@H]2O[C@H](COP(=O)(NC(C)C(=O)OC)Oc3ccccc3)[C@@H](O)[C@@]2(C)F)c2ncnc(NO)c12. The van der Waals surface area contributed by atoms with Crippen molar-refractivity contribution >= 4 is 30.6 Å². The van der Waals surface area contributed by atoms with Crippen LogP contribution in [0.5, 0.6) is 5.75 Å². The third-order valence-electron chi connectivity index (χ3n) is 6.12. The lowest BCUT2D eigenvalue weighted by atomic mass is 9.98. The topological polar surface area (TPSA) is 166 Å². The van der Waals surface area contributed by atoms with Crippen LogP contribution in [-0.4, -0.2) is 68.5 Å². The number of methoxy groups -OCH3 is 1. The molecule has 13 nitrogen and oxygen atoms in total. The zero-order valence-corrected chi connectivity index (χ0v) is 22.0. The zero-order valence-electron chi connectivity index (χ0n) is 21.1. The summed E-state index contributed by atoms with van der Waals surface area (Å²) >= 11 is 0. The highest BCUT2D eigenvalue weighted by Crippen LogP contribution is 2.48. The number of carbonyl (C=O) groups is 1. The Morgan fingerprint density at radius 2 is 2.10 bits per heavy atom. The minimum absolute atomic E-state index is 0.00418. The maximum atomic E-state index is 16.0. The van der Waals surface area contributed by atoms with Crippen LogP contribution in [-0.2, 0) is 23.4 Å². The molecule has 39 heavy (non-hydrogen) atoms. The highest BCUT2D eigenvalue weighted by molar-refractivity contribution is 7.52. The summed E-state index contributed by atoms with van der Waals surface area (Å²) in [6.07, 6.45) is 3.55. The fourth-order valence-electron chi connectivity index (χ4n) is 4.16. The summed E-state index contributed by atoms with van der Waals surface area (Å²) in [5.41, 5.74) is -0.117. The lowest BCUT2D eigenvalue weighted by Crippen LogP contribution is -2.41. The lowest BCUT2D eigenvalue weighted by Gasteiger charge is -2.25. The number of aliphatic hydroxyl groups excluding tert-OH is 1. The number of nitrogens with one attached hydrogen (secondary N) is 2. The smallest absolute Gasteiger partial charge is 0.459 e. The van der Waals surface area contributed by atoms with E-state index >= 15 is 4.39 Å². The number of hydrogen-bond donors (Lipinski definition) is 4. The first-order valence-electron chi connectivity index (χ1n) is 11.6. The molecule has 2 unspecified atom stereocenters. The number of benzene rings is 1. The van der Waals surface area contributed by atoms with E-state index < -0.39 is 50.5 Å². The molecule has 3 aromatic rings. The maximum Gasteiger partial charge on any atom is 0.459 e. The Labute approximate surface area is 222 Å². The van der Waals surface area contributed by atoms with Crippen LogP contribution in [0.2, 0.25) is 0 Å². The molecule has 0 bridgehead atoms. The van der Waals surface area contributed by atoms with E-state index in [1.54, 1.807) is 18.2 Å². The summed E-state index contributed by atoms with van der Waals surface area (Å²) in [5, 5.41) is 23.0. The summed E-state index contributed by atoms with van der Waals surface area (Å²) in [6.45, 7) is 1.92. The Hall–Kier alpha value is -3.57. The van der Waals surface area contributed by atoms with Crippen LogP contribution in [0.1, 0.15) is 25.6 Å². The molecule has 0 radical (unpaired) electrons. The van der Waals surface area contributed by atoms with E-state index in [2.05, 4.69) is 25.7 Å². The average Bonchev–Trinajstić information content (AvgIpc) is 3.41. The van der Waals surface area contributed by atoms with E-state index in [0.29, 0.717) is 0 Å². The van der Waals surface area contributed by atoms with Crippen molar-refractivity contribution in [3.63, 3.8) is 0 Å². The van der Waals surface area contributed by atoms with Gasteiger partial charge in [-0.15, -0.1) is 6.42 Å². The van der Waals surface area contributed by atoms with Crippen LogP contribution < -0.4 is 15.1 Å². The van der Waals surface area contributed by atoms with Crippen LogP contribution in [0.15, 0.2) is 42.9 Å². The van der Waals surface area contributed by atoms with Crippen molar-refractivity contribution in [1.82, 2.24) is 19.6 Å². The van der Waals surface area contributed by atoms with E-state index in [0.717, 1.165) is 20.4 Å². The van der Waals surface area contributed by atoms with Gasteiger partial charge in [-0.05, 0) is 26.0 Å². The summed E-state index contributed by atoms with van der Waals surface area (Å²) in [4.78, 5) is 20.0. The minimum Gasteiger partial charge on any atom is -0.468 e. The first-order valence-corrected chi connectivity index (χ1v) is 13.2. The Kier molecular flexibility index (Phi) is 8.22. The molecule has 15 heteroatoms. The summed E-state index contributed by atoms with van der Waals surface area (Å²) in [7, 11) is -3.12. The molecule has 1 aliphatic heterocycles. The van der Waals surface area contributed by atoms with Gasteiger partial charge >= 0.3 is 13.7 Å². The minimum atomic E-state index is -4.28. The number of anilines is 1. The zero-order chi connectivity index (χ0) is 28.4. The van der Waals surface area contributed by atoms with E-state index in [1.807, 2.05) is 5.48 Å². The van der Waals surface area contributed by atoms with Gasteiger partial charge in [0.2, 0.25) is 0 Å². The lowest BCUT2D eigenvalue weighted by molar-refractivity contribution is -0.142. The standard InChI is InChI=1S/C24H27FN5O8P/c1-5-15-11-30(21-18(15)20(28-33)26-13-27-21)23-24(3,25)19(31)17(37-23)12-36-39(34,29-14(2)22(32)35-4)38-16-9-7-6-8-10-16/h1,6-11,13-14,17,19,23,31,33H,12H2,2-4H3,(H,29,34)(H,26,27,28)/t14?,17-,19-,23-,24-,39?/m1/s1. The molecule has 1 aliphatic rings. The van der Waals surface area contributed by atoms with Crippen molar-refractivity contribution in [3.8, 4) is 18.1 Å². The van der Waals surface area contributed by atoms with E-state index in [4.69, 9.17) is 20.2 Å². The molecule has 1 saturated heterocycles. The van der Waals surface area contributed by atoms with Crippen LogP contribution in [0, 0.1) is 12.3 Å². The molecular weight excluding hydrogens is 536 g/mol. The van der Waals surface area contributed by atoms with Crippen molar-refractivity contribution in [2.45, 2.75) is 44.0 Å². The van der Waals surface area contributed by atoms with Gasteiger partial charge in [-0.2, -0.15) is 5.09 Å². The molecule has 0 amide bonds. The number of esters is 1. The second-order valence-corrected chi connectivity index (χ2v) is 10.5. The normalized spacial score (nSPS) is 25.0. The first kappa shape index (κ1) is 28.4. The summed E-state index contributed by atoms with van der Waals surface area (Å²) < 4.78 is 52.4. The Morgan fingerprint density at radius 3 is 2.74 bits per heavy atom. The highest BCUT2D eigenvalue weighted by atomic mass is 31.2. The fourth-order valence-corrected chi connectivity index (χ4v) is 5.66. The predicted octanol–water partition coefficient (Wildman–Crippen LogP) is 2.55. The van der Waals surface area contributed by atoms with Crippen LogP contribution in [0.4, 0.5) is 10.2 Å². The van der Waals surface area contributed by atoms with Crippen LogP contribution >= 0.6 is 7.75 Å². The molecule has 1 aromatic carbocycles. The molecule has 1 fully saturated rings. The molecule has 208 valence electrons. The molecule has 0 saturated carbocycles. The maximum absolute atomic E-state index is 16.0. The molecule has 0 aliphatic carbocycles. The third kappa shape index (κ3) is 5.60. The van der Waals surface area contributed by atoms with Gasteiger partial charge in [0.05, 0.1) is 24.7 Å². The van der Waals surface area contributed by atoms with Crippen molar-refractivity contribution in [2.75, 3.05) is 19.2 Å². The van der Waals surface area contributed by atoms with Crippen LogP contribution in [0.25, 0.3) is 11.0 Å². The number of aromatic nitrogens is 3. The average molecular weight is 563 g/mol. The Morgan fingerprint density at radius 1 is 1.38 bits per heavy atom. The molecule has 2 aromatic heterocycles. The molecule has 4 N–H and O–H groups in total. The second-order valence-electron chi connectivity index (χ2n) is 8.82. The fraction of sp³-hybridized carbons (Fsp3) is 0.375. The monoisotopic (exact) mass is 563 g/mol. The Balaban J connectivity index is 1.60. The van der Waals surface area contributed by atoms with Gasteiger partial charge in [-0.25, -0.2) is 18.9 Å².